The first-order chi connectivity index (χ1) is 15.2. The van der Waals surface area contributed by atoms with Gasteiger partial charge in [0.25, 0.3) is 0 Å². The molecule has 0 aliphatic carbocycles. The molecule has 3 aromatic carbocycles. The molecule has 0 bridgehead atoms. The van der Waals surface area contributed by atoms with E-state index in [1.54, 1.807) is 0 Å². The highest BCUT2D eigenvalue weighted by atomic mass is 15.5. The molecule has 3 aromatic rings. The third kappa shape index (κ3) is 4.90. The van der Waals surface area contributed by atoms with Crippen molar-refractivity contribution in [1.82, 2.24) is 5.01 Å². The second-order valence-corrected chi connectivity index (χ2v) is 8.92. The molecule has 31 heavy (non-hydrogen) atoms. The molecule has 2 heteroatoms. The van der Waals surface area contributed by atoms with E-state index < -0.39 is 0 Å². The van der Waals surface area contributed by atoms with Gasteiger partial charge in [0.15, 0.2) is 0 Å². The Bertz CT molecular complexity index is 924. The Labute approximate surface area is 187 Å². The second kappa shape index (κ2) is 9.96. The maximum absolute atomic E-state index is 5.20. The predicted molar refractivity (Wildman–Crippen MR) is 132 cm³/mol. The maximum atomic E-state index is 5.20. The van der Waals surface area contributed by atoms with E-state index in [9.17, 15) is 0 Å². The van der Waals surface area contributed by atoms with Gasteiger partial charge in [-0.25, -0.2) is 0 Å². The van der Waals surface area contributed by atoms with Crippen molar-refractivity contribution < 1.29 is 0 Å². The standard InChI is InChI=1S/C29H34N2/c1-3-4-8-21-28-27(24-15-9-5-10-16-24)22-31(30-28)23-29(2,25-17-11-6-12-18-25)26-19-13-7-14-20-26/h5-7,9-20,27H,3-4,8,21-23H2,1-2H3. The van der Waals surface area contributed by atoms with Crippen molar-refractivity contribution in [3.05, 3.63) is 108 Å². The van der Waals surface area contributed by atoms with Gasteiger partial charge < -0.3 is 0 Å². The number of nitrogens with zero attached hydrogens (tertiary/aromatic N) is 2. The van der Waals surface area contributed by atoms with E-state index in [1.165, 1.54) is 41.7 Å². The molecule has 0 saturated carbocycles. The first-order valence-electron chi connectivity index (χ1n) is 11.7. The molecular weight excluding hydrogens is 376 g/mol. The Morgan fingerprint density at radius 1 is 0.806 bits per heavy atom. The van der Waals surface area contributed by atoms with Crippen LogP contribution in [0.1, 0.15) is 62.1 Å². The largest absolute Gasteiger partial charge is 0.295 e. The van der Waals surface area contributed by atoms with Gasteiger partial charge in [0, 0.05) is 30.1 Å². The van der Waals surface area contributed by atoms with Gasteiger partial charge in [-0.3, -0.25) is 5.01 Å². The molecule has 0 saturated heterocycles. The second-order valence-electron chi connectivity index (χ2n) is 8.92. The van der Waals surface area contributed by atoms with Crippen LogP contribution in [0.25, 0.3) is 0 Å². The molecule has 0 fully saturated rings. The lowest BCUT2D eigenvalue weighted by atomic mass is 9.76. The van der Waals surface area contributed by atoms with Gasteiger partial charge in [-0.05, 0) is 36.5 Å². The number of benzene rings is 3. The first-order valence-corrected chi connectivity index (χ1v) is 11.7. The lowest BCUT2D eigenvalue weighted by Gasteiger charge is -2.34. The van der Waals surface area contributed by atoms with Crippen molar-refractivity contribution in [2.24, 2.45) is 5.10 Å². The monoisotopic (exact) mass is 410 g/mol. The van der Waals surface area contributed by atoms with Crippen LogP contribution >= 0.6 is 0 Å². The summed E-state index contributed by atoms with van der Waals surface area (Å²) in [5, 5.41) is 7.54. The summed E-state index contributed by atoms with van der Waals surface area (Å²) in [7, 11) is 0. The summed E-state index contributed by atoms with van der Waals surface area (Å²) in [5.74, 6) is 0.397. The van der Waals surface area contributed by atoms with Crippen LogP contribution < -0.4 is 0 Å². The summed E-state index contributed by atoms with van der Waals surface area (Å²) in [6.45, 7) is 6.46. The summed E-state index contributed by atoms with van der Waals surface area (Å²) < 4.78 is 0. The maximum Gasteiger partial charge on any atom is 0.0495 e. The van der Waals surface area contributed by atoms with Crippen molar-refractivity contribution in [3.8, 4) is 0 Å². The Morgan fingerprint density at radius 2 is 1.35 bits per heavy atom. The summed E-state index contributed by atoms with van der Waals surface area (Å²) in [4.78, 5) is 0. The topological polar surface area (TPSA) is 15.6 Å². The van der Waals surface area contributed by atoms with Gasteiger partial charge in [-0.15, -0.1) is 0 Å². The molecule has 1 aliphatic rings. The number of rotatable bonds is 9. The highest BCUT2D eigenvalue weighted by molar-refractivity contribution is 5.92. The molecule has 1 unspecified atom stereocenters. The van der Waals surface area contributed by atoms with Crippen LogP contribution in [-0.2, 0) is 5.41 Å². The van der Waals surface area contributed by atoms with Crippen molar-refractivity contribution >= 4 is 5.71 Å². The van der Waals surface area contributed by atoms with E-state index in [0.29, 0.717) is 5.92 Å². The van der Waals surface area contributed by atoms with Crippen molar-refractivity contribution in [2.75, 3.05) is 13.1 Å². The van der Waals surface area contributed by atoms with E-state index in [2.05, 4.69) is 110 Å². The van der Waals surface area contributed by atoms with Gasteiger partial charge in [0.1, 0.15) is 0 Å². The fraction of sp³-hybridized carbons (Fsp3) is 0.345. The average molecular weight is 411 g/mol. The Kier molecular flexibility index (Phi) is 6.86. The van der Waals surface area contributed by atoms with Crippen LogP contribution in [0.4, 0.5) is 0 Å². The zero-order chi connectivity index (χ0) is 21.5. The molecule has 160 valence electrons. The molecule has 2 nitrogen and oxygen atoms in total. The third-order valence-electron chi connectivity index (χ3n) is 6.62. The zero-order valence-electron chi connectivity index (χ0n) is 18.9. The number of unbranched alkanes of at least 4 members (excludes halogenated alkanes) is 2. The SMILES string of the molecule is CCCCCC1=NN(CC(C)(c2ccccc2)c2ccccc2)CC1c1ccccc1. The van der Waals surface area contributed by atoms with Crippen LogP contribution in [0.2, 0.25) is 0 Å². The molecule has 0 N–H and O–H groups in total. The Hall–Kier alpha value is -2.87. The smallest absolute Gasteiger partial charge is 0.0495 e. The minimum Gasteiger partial charge on any atom is -0.295 e. The van der Waals surface area contributed by atoms with E-state index in [0.717, 1.165) is 19.5 Å². The zero-order valence-corrected chi connectivity index (χ0v) is 18.9. The molecule has 1 heterocycles. The van der Waals surface area contributed by atoms with Crippen molar-refractivity contribution in [1.29, 1.82) is 0 Å². The van der Waals surface area contributed by atoms with Crippen LogP contribution in [0.5, 0.6) is 0 Å². The molecule has 0 amide bonds. The number of hydrogen-bond donors (Lipinski definition) is 0. The highest BCUT2D eigenvalue weighted by Crippen LogP contribution is 2.36. The highest BCUT2D eigenvalue weighted by Gasteiger charge is 2.35. The summed E-state index contributed by atoms with van der Waals surface area (Å²) in [6.07, 6.45) is 4.83. The third-order valence-corrected chi connectivity index (χ3v) is 6.62. The van der Waals surface area contributed by atoms with Crippen LogP contribution in [0.15, 0.2) is 96.1 Å². The van der Waals surface area contributed by atoms with Crippen LogP contribution in [-0.4, -0.2) is 23.8 Å². The van der Waals surface area contributed by atoms with E-state index in [1.807, 2.05) is 0 Å². The van der Waals surface area contributed by atoms with Gasteiger partial charge in [-0.1, -0.05) is 111 Å². The summed E-state index contributed by atoms with van der Waals surface area (Å²) in [5.41, 5.74) is 5.30. The first kappa shape index (κ1) is 21.4. The summed E-state index contributed by atoms with van der Waals surface area (Å²) in [6, 6.07) is 32.7. The Balaban J connectivity index is 1.63. The van der Waals surface area contributed by atoms with Gasteiger partial charge in [0.2, 0.25) is 0 Å². The molecule has 0 spiro atoms. The van der Waals surface area contributed by atoms with E-state index in [-0.39, 0.29) is 5.41 Å². The quantitative estimate of drug-likeness (QED) is 0.346. The van der Waals surface area contributed by atoms with Crippen LogP contribution in [0, 0.1) is 0 Å². The fourth-order valence-electron chi connectivity index (χ4n) is 4.80. The van der Waals surface area contributed by atoms with E-state index in [4.69, 9.17) is 5.10 Å². The van der Waals surface area contributed by atoms with Gasteiger partial charge >= 0.3 is 0 Å². The predicted octanol–water partition coefficient (Wildman–Crippen LogP) is 7.03. The van der Waals surface area contributed by atoms with Crippen LogP contribution in [0.3, 0.4) is 0 Å². The van der Waals surface area contributed by atoms with Gasteiger partial charge in [0.05, 0.1) is 0 Å². The minimum atomic E-state index is -0.119. The molecule has 1 atom stereocenters. The molecule has 0 aromatic heterocycles. The lowest BCUT2D eigenvalue weighted by molar-refractivity contribution is 0.260. The molecule has 0 radical (unpaired) electrons. The fourth-order valence-corrected chi connectivity index (χ4v) is 4.80. The normalized spacial score (nSPS) is 16.4. The van der Waals surface area contributed by atoms with Crippen molar-refractivity contribution in [2.45, 2.75) is 50.9 Å². The molecule has 4 rings (SSSR count). The molecular formula is C29H34N2. The van der Waals surface area contributed by atoms with Crippen molar-refractivity contribution in [3.63, 3.8) is 0 Å². The summed E-state index contributed by atoms with van der Waals surface area (Å²) >= 11 is 0. The molecule has 1 aliphatic heterocycles. The van der Waals surface area contributed by atoms with Gasteiger partial charge in [-0.2, -0.15) is 5.10 Å². The number of hydrogen-bond acceptors (Lipinski definition) is 2. The minimum absolute atomic E-state index is 0.119. The number of hydrazone groups is 1. The Morgan fingerprint density at radius 3 is 1.90 bits per heavy atom. The van der Waals surface area contributed by atoms with E-state index >= 15 is 0 Å². The average Bonchev–Trinajstić information content (AvgIpc) is 3.23. The lowest BCUT2D eigenvalue weighted by Crippen LogP contribution is -2.37.